The molecule has 0 atom stereocenters. The zero-order valence-electron chi connectivity index (χ0n) is 15.6. The first-order valence-corrected chi connectivity index (χ1v) is 10.1. The Morgan fingerprint density at radius 2 is 1.80 bits per heavy atom. The molecule has 2 aromatic carbocycles. The maximum atomic E-state index is 2.34. The number of anilines is 1. The average molecular weight is 368 g/mol. The summed E-state index contributed by atoms with van der Waals surface area (Å²) in [5, 5.41) is 2.58. The van der Waals surface area contributed by atoms with E-state index in [0.717, 1.165) is 0 Å². The number of thiazole rings is 1. The molecule has 0 saturated heterocycles. The van der Waals surface area contributed by atoms with Gasteiger partial charge in [-0.2, -0.15) is 4.57 Å². The fourth-order valence-electron chi connectivity index (χ4n) is 3.45. The van der Waals surface area contributed by atoms with Gasteiger partial charge in [-0.15, -0.1) is 0 Å². The van der Waals surface area contributed by atoms with E-state index in [1.165, 1.54) is 53.1 Å². The van der Waals surface area contributed by atoms with E-state index < -0.39 is 0 Å². The van der Waals surface area contributed by atoms with Crippen molar-refractivity contribution in [2.45, 2.75) is 32.6 Å². The molecule has 2 nitrogen and oxygen atoms in total. The molecule has 0 aliphatic carbocycles. The molecule has 0 saturated carbocycles. The highest BCUT2D eigenvalue weighted by molar-refractivity contribution is 8.03. The summed E-state index contributed by atoms with van der Waals surface area (Å²) in [5.74, 6) is 0. The number of hydrogen-bond donors (Lipinski definition) is 0. The minimum absolute atomic E-state index is 1.29. The third kappa shape index (κ3) is 2.59. The monoisotopic (exact) mass is 367 g/mol. The second-order valence-electron chi connectivity index (χ2n) is 6.90. The van der Waals surface area contributed by atoms with Crippen molar-refractivity contribution in [1.82, 2.24) is 0 Å². The lowest BCUT2D eigenvalue weighted by molar-refractivity contribution is -0.642. The normalized spacial score (nSPS) is 15.4. The maximum absolute atomic E-state index is 2.34. The van der Waals surface area contributed by atoms with Crippen molar-refractivity contribution in [1.29, 1.82) is 0 Å². The average Bonchev–Trinajstić information content (AvgIpc) is 3.04. The van der Waals surface area contributed by atoms with Crippen LogP contribution in [0.4, 0.5) is 5.69 Å². The van der Waals surface area contributed by atoms with Crippen LogP contribution in [0.3, 0.4) is 0 Å². The number of aromatic nitrogens is 1. The quantitative estimate of drug-likeness (QED) is 0.524. The van der Waals surface area contributed by atoms with Crippen molar-refractivity contribution in [3.63, 3.8) is 0 Å². The summed E-state index contributed by atoms with van der Waals surface area (Å²) < 4.78 is 3.71. The Morgan fingerprint density at radius 1 is 1.04 bits per heavy atom. The first-order chi connectivity index (χ1) is 11.9. The lowest BCUT2D eigenvalue weighted by Gasteiger charge is -2.13. The van der Waals surface area contributed by atoms with Crippen molar-refractivity contribution in [3.05, 3.63) is 56.6 Å². The standard InChI is InChI=1S/C21H23N2S2/c1-12-7-8-17-16(9-12)22(5)19(24-17)11-20-23(6)21-15(4)14(3)13(2)10-18(21)25-20/h7-11H,1-6H3/q+1. The number of benzene rings is 2. The summed E-state index contributed by atoms with van der Waals surface area (Å²) in [6.07, 6.45) is 2.33. The Bertz CT molecular complexity index is 1040. The molecule has 0 amide bonds. The molecule has 0 radical (unpaired) electrons. The number of nitrogens with zero attached hydrogens (tertiary/aromatic N) is 2. The van der Waals surface area contributed by atoms with E-state index in [1.807, 2.05) is 23.1 Å². The lowest BCUT2D eigenvalue weighted by atomic mass is 10.0. The van der Waals surface area contributed by atoms with Crippen LogP contribution in [0.5, 0.6) is 0 Å². The summed E-state index contributed by atoms with van der Waals surface area (Å²) >= 11 is 3.74. The number of thioether (sulfide) groups is 1. The molecule has 0 N–H and O–H groups in total. The van der Waals surface area contributed by atoms with Crippen LogP contribution in [-0.4, -0.2) is 7.05 Å². The van der Waals surface area contributed by atoms with Crippen molar-refractivity contribution >= 4 is 45.1 Å². The fourth-order valence-corrected chi connectivity index (χ4v) is 5.84. The Morgan fingerprint density at radius 3 is 2.56 bits per heavy atom. The Labute approximate surface area is 157 Å². The Hall–Kier alpha value is -1.78. The minimum Gasteiger partial charge on any atom is -0.338 e. The molecule has 25 heavy (non-hydrogen) atoms. The molecule has 2 heterocycles. The van der Waals surface area contributed by atoms with Crippen LogP contribution in [0.25, 0.3) is 16.3 Å². The SMILES string of the molecule is Cc1ccc2c(c1)N(C)C(=Cc1sc3cc(C)c(C)c(C)c3[n+]1C)S2. The highest BCUT2D eigenvalue weighted by atomic mass is 32.2. The van der Waals surface area contributed by atoms with Gasteiger partial charge in [0.2, 0.25) is 5.52 Å². The maximum Gasteiger partial charge on any atom is 0.265 e. The van der Waals surface area contributed by atoms with Crippen molar-refractivity contribution in [3.8, 4) is 0 Å². The van der Waals surface area contributed by atoms with Crippen molar-refractivity contribution in [2.24, 2.45) is 7.05 Å². The molecular formula is C21H23N2S2+. The number of rotatable bonds is 1. The summed E-state index contributed by atoms with van der Waals surface area (Å²) in [6.45, 7) is 8.82. The molecule has 1 aromatic heterocycles. The Kier molecular flexibility index (Phi) is 3.93. The zero-order valence-corrected chi connectivity index (χ0v) is 17.2. The van der Waals surface area contributed by atoms with Crippen LogP contribution in [0.2, 0.25) is 0 Å². The molecule has 0 spiro atoms. The molecule has 1 aliphatic rings. The molecule has 0 unspecified atom stereocenters. The van der Waals surface area contributed by atoms with E-state index in [1.54, 1.807) is 0 Å². The van der Waals surface area contributed by atoms with E-state index in [0.29, 0.717) is 0 Å². The summed E-state index contributed by atoms with van der Waals surface area (Å²) in [4.78, 5) is 3.65. The highest BCUT2D eigenvalue weighted by Gasteiger charge is 2.25. The van der Waals surface area contributed by atoms with Crippen molar-refractivity contribution in [2.75, 3.05) is 11.9 Å². The number of hydrogen-bond acceptors (Lipinski definition) is 3. The van der Waals surface area contributed by atoms with Gasteiger partial charge in [0, 0.05) is 17.5 Å². The molecule has 0 bridgehead atoms. The fraction of sp³-hybridized carbons (Fsp3) is 0.286. The van der Waals surface area contributed by atoms with Crippen LogP contribution in [0.15, 0.2) is 34.2 Å². The summed E-state index contributed by atoms with van der Waals surface area (Å²) in [7, 11) is 4.35. The van der Waals surface area contributed by atoms with Gasteiger partial charge in [0.05, 0.1) is 16.8 Å². The predicted octanol–water partition coefficient (Wildman–Crippen LogP) is 5.50. The largest absolute Gasteiger partial charge is 0.338 e. The van der Waals surface area contributed by atoms with Crippen LogP contribution in [-0.2, 0) is 7.05 Å². The van der Waals surface area contributed by atoms with Crippen LogP contribution >= 0.6 is 23.1 Å². The second kappa shape index (κ2) is 5.89. The van der Waals surface area contributed by atoms with Crippen molar-refractivity contribution < 1.29 is 4.57 Å². The number of aryl methyl sites for hydroxylation is 4. The van der Waals surface area contributed by atoms with E-state index >= 15 is 0 Å². The van der Waals surface area contributed by atoms with E-state index in [2.05, 4.69) is 81.6 Å². The molecule has 128 valence electrons. The van der Waals surface area contributed by atoms with Gasteiger partial charge in [-0.05, 0) is 62.6 Å². The minimum atomic E-state index is 1.29. The third-order valence-electron chi connectivity index (χ3n) is 5.24. The second-order valence-corrected chi connectivity index (χ2v) is 9.03. The molecule has 4 rings (SSSR count). The van der Waals surface area contributed by atoms with Crippen LogP contribution < -0.4 is 9.47 Å². The van der Waals surface area contributed by atoms with Gasteiger partial charge in [-0.25, -0.2) is 0 Å². The van der Waals surface area contributed by atoms with Gasteiger partial charge >= 0.3 is 0 Å². The van der Waals surface area contributed by atoms with Gasteiger partial charge in [0.1, 0.15) is 11.7 Å². The first-order valence-electron chi connectivity index (χ1n) is 8.50. The summed E-state index contributed by atoms with van der Waals surface area (Å²) in [6, 6.07) is 9.02. The van der Waals surface area contributed by atoms with E-state index in [4.69, 9.17) is 0 Å². The predicted molar refractivity (Wildman–Crippen MR) is 111 cm³/mol. The molecule has 0 fully saturated rings. The smallest absolute Gasteiger partial charge is 0.265 e. The lowest BCUT2D eigenvalue weighted by Crippen LogP contribution is -2.30. The van der Waals surface area contributed by atoms with Gasteiger partial charge in [0.15, 0.2) is 0 Å². The van der Waals surface area contributed by atoms with Gasteiger partial charge in [0.25, 0.3) is 5.01 Å². The van der Waals surface area contributed by atoms with Gasteiger partial charge in [-0.1, -0.05) is 29.2 Å². The Balaban J connectivity index is 1.83. The highest BCUT2D eigenvalue weighted by Crippen LogP contribution is 2.46. The molecular weight excluding hydrogens is 344 g/mol. The van der Waals surface area contributed by atoms with Crippen LogP contribution in [0.1, 0.15) is 27.3 Å². The molecule has 1 aliphatic heterocycles. The number of fused-ring (bicyclic) bond motifs is 2. The van der Waals surface area contributed by atoms with Gasteiger partial charge in [-0.3, -0.25) is 0 Å². The summed E-state index contributed by atoms with van der Waals surface area (Å²) in [5.41, 5.74) is 8.14. The molecule has 3 aromatic rings. The van der Waals surface area contributed by atoms with E-state index in [9.17, 15) is 0 Å². The van der Waals surface area contributed by atoms with Crippen LogP contribution in [0, 0.1) is 27.7 Å². The zero-order chi connectivity index (χ0) is 17.9. The van der Waals surface area contributed by atoms with E-state index in [-0.39, 0.29) is 0 Å². The van der Waals surface area contributed by atoms with Gasteiger partial charge < -0.3 is 4.90 Å². The molecule has 4 heteroatoms. The third-order valence-corrected chi connectivity index (χ3v) is 7.54. The topological polar surface area (TPSA) is 7.12 Å². The first kappa shape index (κ1) is 16.7.